The van der Waals surface area contributed by atoms with Gasteiger partial charge in [-0.3, -0.25) is 9.59 Å². The van der Waals surface area contributed by atoms with Crippen LogP contribution in [-0.4, -0.2) is 38.3 Å². The van der Waals surface area contributed by atoms with Crippen molar-refractivity contribution in [3.05, 3.63) is 65.0 Å². The van der Waals surface area contributed by atoms with Crippen molar-refractivity contribution in [2.24, 2.45) is 9.98 Å². The van der Waals surface area contributed by atoms with Gasteiger partial charge in [0.05, 0.1) is 26.4 Å². The summed E-state index contributed by atoms with van der Waals surface area (Å²) in [4.78, 5) is 38.7. The first-order valence-corrected chi connectivity index (χ1v) is 10.9. The van der Waals surface area contributed by atoms with E-state index in [-0.39, 0.29) is 17.4 Å². The minimum absolute atomic E-state index is 0.0670. The lowest BCUT2D eigenvalue weighted by molar-refractivity contribution is -0.113. The van der Waals surface area contributed by atoms with Gasteiger partial charge in [0.15, 0.2) is 5.01 Å². The van der Waals surface area contributed by atoms with E-state index in [1.54, 1.807) is 13.0 Å². The Morgan fingerprint density at radius 3 is 2.74 bits per heavy atom. The molecule has 10 heteroatoms. The van der Waals surface area contributed by atoms with Gasteiger partial charge in [-0.1, -0.05) is 24.8 Å². The third kappa shape index (κ3) is 3.51. The Hall–Kier alpha value is -3.76. The number of amides is 2. The van der Waals surface area contributed by atoms with Crippen LogP contribution in [0, 0.1) is 0 Å². The molecule has 31 heavy (non-hydrogen) atoms. The number of anilines is 1. The van der Waals surface area contributed by atoms with Crippen LogP contribution in [0.1, 0.15) is 16.7 Å². The summed E-state index contributed by atoms with van der Waals surface area (Å²) < 4.78 is 2.27. The number of aliphatic imine (C=N–C) groups is 2. The molecule has 5 rings (SSSR count). The van der Waals surface area contributed by atoms with Crippen molar-refractivity contribution in [3.8, 4) is 10.6 Å². The van der Waals surface area contributed by atoms with Crippen LogP contribution in [0.4, 0.5) is 5.82 Å². The zero-order valence-electron chi connectivity index (χ0n) is 16.2. The van der Waals surface area contributed by atoms with Crippen molar-refractivity contribution < 1.29 is 9.59 Å². The topological polar surface area (TPSA) is 102 Å². The highest BCUT2D eigenvalue weighted by Gasteiger charge is 2.23. The summed E-state index contributed by atoms with van der Waals surface area (Å²) in [6.45, 7) is 5.37. The maximum Gasteiger partial charge on any atom is 0.285 e. The molecule has 0 saturated carbocycles. The molecule has 0 atom stereocenters. The van der Waals surface area contributed by atoms with Gasteiger partial charge in [0.2, 0.25) is 0 Å². The summed E-state index contributed by atoms with van der Waals surface area (Å²) in [5, 5.41) is 9.63. The van der Waals surface area contributed by atoms with Crippen molar-refractivity contribution in [1.29, 1.82) is 0 Å². The van der Waals surface area contributed by atoms with Gasteiger partial charge >= 0.3 is 0 Å². The number of thiazole rings is 1. The molecule has 0 unspecified atom stereocenters. The zero-order chi connectivity index (χ0) is 21.5. The SMILES string of the molecule is C=C1C(=O)N=C(n2nc(-c3cccs3)cc2NC(=O)c2nc3ccccc3s2)N=C1C. The number of nitrogens with zero attached hydrogens (tertiary/aromatic N) is 5. The van der Waals surface area contributed by atoms with Crippen LogP contribution in [0.2, 0.25) is 0 Å². The fourth-order valence-corrected chi connectivity index (χ4v) is 4.50. The number of para-hydroxylation sites is 1. The monoisotopic (exact) mass is 446 g/mol. The van der Waals surface area contributed by atoms with E-state index in [1.165, 1.54) is 27.4 Å². The lowest BCUT2D eigenvalue weighted by atomic mass is 10.2. The Bertz CT molecular complexity index is 1390. The number of thiophene rings is 1. The molecule has 1 aliphatic rings. The fourth-order valence-electron chi connectivity index (χ4n) is 2.96. The number of fused-ring (bicyclic) bond motifs is 1. The maximum absolute atomic E-state index is 12.9. The Labute approximate surface area is 184 Å². The lowest BCUT2D eigenvalue weighted by Gasteiger charge is -2.12. The summed E-state index contributed by atoms with van der Waals surface area (Å²) >= 11 is 2.81. The molecule has 1 aliphatic heterocycles. The first-order valence-electron chi connectivity index (χ1n) is 9.18. The van der Waals surface area contributed by atoms with Crippen molar-refractivity contribution in [1.82, 2.24) is 14.8 Å². The number of aromatic nitrogens is 3. The highest BCUT2D eigenvalue weighted by molar-refractivity contribution is 7.20. The minimum Gasteiger partial charge on any atom is -0.304 e. The van der Waals surface area contributed by atoms with E-state index >= 15 is 0 Å². The zero-order valence-corrected chi connectivity index (χ0v) is 17.8. The largest absolute Gasteiger partial charge is 0.304 e. The predicted molar refractivity (Wildman–Crippen MR) is 123 cm³/mol. The third-order valence-electron chi connectivity index (χ3n) is 4.57. The third-order valence-corrected chi connectivity index (χ3v) is 6.49. The maximum atomic E-state index is 12.9. The number of nitrogens with one attached hydrogen (secondary N) is 1. The Kier molecular flexibility index (Phi) is 4.64. The molecule has 0 bridgehead atoms. The average Bonchev–Trinajstić information content (AvgIpc) is 3.50. The molecule has 0 radical (unpaired) electrons. The van der Waals surface area contributed by atoms with Crippen molar-refractivity contribution in [2.75, 3.05) is 5.32 Å². The number of hydrogen-bond acceptors (Lipinski definition) is 7. The number of hydrogen-bond donors (Lipinski definition) is 1. The molecule has 4 heterocycles. The fraction of sp³-hybridized carbons (Fsp3) is 0.0476. The van der Waals surface area contributed by atoms with Gasteiger partial charge in [-0.25, -0.2) is 9.98 Å². The highest BCUT2D eigenvalue weighted by Crippen LogP contribution is 2.28. The highest BCUT2D eigenvalue weighted by atomic mass is 32.1. The van der Waals surface area contributed by atoms with Gasteiger partial charge in [-0.05, 0) is 30.5 Å². The molecule has 4 aromatic rings. The van der Waals surface area contributed by atoms with Gasteiger partial charge < -0.3 is 5.32 Å². The molecule has 0 fully saturated rings. The molecular formula is C21H14N6O2S2. The number of rotatable bonds is 3. The minimum atomic E-state index is -0.487. The second-order valence-electron chi connectivity index (χ2n) is 6.64. The van der Waals surface area contributed by atoms with Gasteiger partial charge in [0.25, 0.3) is 17.8 Å². The standard InChI is InChI=1S/C21H14N6O2S2/c1-11-12(2)22-21(25-18(11)28)27-17(10-14(26-27)15-8-5-9-30-15)24-19(29)20-23-13-6-3-4-7-16(13)31-20/h3-10H,1H2,2H3,(H,24,29). The van der Waals surface area contributed by atoms with Gasteiger partial charge in [-0.15, -0.1) is 22.7 Å². The molecule has 8 nitrogen and oxygen atoms in total. The quantitative estimate of drug-likeness (QED) is 0.476. The van der Waals surface area contributed by atoms with Crippen LogP contribution in [-0.2, 0) is 4.79 Å². The predicted octanol–water partition coefficient (Wildman–Crippen LogP) is 4.24. The molecule has 2 amide bonds. The number of carbonyl (C=O) groups excluding carboxylic acids is 2. The summed E-state index contributed by atoms with van der Waals surface area (Å²) in [6.07, 6.45) is 0. The van der Waals surface area contributed by atoms with Crippen molar-refractivity contribution in [3.63, 3.8) is 0 Å². The molecule has 152 valence electrons. The van der Waals surface area contributed by atoms with E-state index in [0.29, 0.717) is 22.2 Å². The number of benzene rings is 1. The average molecular weight is 447 g/mol. The molecule has 1 aromatic carbocycles. The Morgan fingerprint density at radius 1 is 1.16 bits per heavy atom. The second-order valence-corrected chi connectivity index (χ2v) is 8.62. The van der Waals surface area contributed by atoms with Crippen LogP contribution in [0.15, 0.2) is 70.0 Å². The van der Waals surface area contributed by atoms with Crippen molar-refractivity contribution >= 4 is 62.2 Å². The lowest BCUT2D eigenvalue weighted by Crippen LogP contribution is -2.25. The van der Waals surface area contributed by atoms with E-state index in [1.807, 2.05) is 41.8 Å². The van der Waals surface area contributed by atoms with E-state index in [4.69, 9.17) is 0 Å². The van der Waals surface area contributed by atoms with E-state index < -0.39 is 5.91 Å². The van der Waals surface area contributed by atoms with Crippen LogP contribution in [0.5, 0.6) is 0 Å². The van der Waals surface area contributed by atoms with Crippen LogP contribution in [0.3, 0.4) is 0 Å². The molecular weight excluding hydrogens is 432 g/mol. The van der Waals surface area contributed by atoms with Gasteiger partial charge in [0.1, 0.15) is 11.5 Å². The van der Waals surface area contributed by atoms with Gasteiger partial charge in [0, 0.05) is 6.07 Å². The van der Waals surface area contributed by atoms with Crippen LogP contribution < -0.4 is 5.32 Å². The smallest absolute Gasteiger partial charge is 0.285 e. The van der Waals surface area contributed by atoms with Crippen LogP contribution >= 0.6 is 22.7 Å². The summed E-state index contributed by atoms with van der Waals surface area (Å²) in [7, 11) is 0. The van der Waals surface area contributed by atoms with E-state index in [9.17, 15) is 9.59 Å². The molecule has 3 aromatic heterocycles. The van der Waals surface area contributed by atoms with E-state index in [0.717, 1.165) is 15.1 Å². The first-order chi connectivity index (χ1) is 15.0. The Balaban J connectivity index is 1.55. The number of carbonyl (C=O) groups is 2. The van der Waals surface area contributed by atoms with Crippen molar-refractivity contribution in [2.45, 2.75) is 6.92 Å². The summed E-state index contributed by atoms with van der Waals surface area (Å²) in [5.74, 6) is -0.465. The summed E-state index contributed by atoms with van der Waals surface area (Å²) in [5.41, 5.74) is 2.06. The molecule has 1 N–H and O–H groups in total. The van der Waals surface area contributed by atoms with Gasteiger partial charge in [-0.2, -0.15) is 14.8 Å². The van der Waals surface area contributed by atoms with Crippen LogP contribution in [0.25, 0.3) is 20.8 Å². The Morgan fingerprint density at radius 2 is 2.00 bits per heavy atom. The summed E-state index contributed by atoms with van der Waals surface area (Å²) in [6, 6.07) is 13.1. The molecule has 0 saturated heterocycles. The molecule has 0 spiro atoms. The first kappa shape index (κ1) is 19.2. The normalized spacial score (nSPS) is 14.0. The van der Waals surface area contributed by atoms with E-state index in [2.05, 4.69) is 32.0 Å². The second kappa shape index (κ2) is 7.49. The molecule has 0 aliphatic carbocycles.